The summed E-state index contributed by atoms with van der Waals surface area (Å²) in [4.78, 5) is 0. The molecule has 0 aliphatic heterocycles. The van der Waals surface area contributed by atoms with Gasteiger partial charge in [-0.25, -0.2) is 0 Å². The van der Waals surface area contributed by atoms with E-state index in [9.17, 15) is 8.42 Å². The molecule has 0 atom stereocenters. The minimum atomic E-state index is -3.68. The summed E-state index contributed by atoms with van der Waals surface area (Å²) in [5, 5.41) is 12.3. The molecule has 0 radical (unpaired) electrons. The normalized spacial score (nSPS) is 11.5. The lowest BCUT2D eigenvalue weighted by Gasteiger charge is -2.10. The first-order chi connectivity index (χ1) is 12.5. The summed E-state index contributed by atoms with van der Waals surface area (Å²) in [7, 11) is -3.68. The van der Waals surface area contributed by atoms with Crippen LogP contribution in [0.15, 0.2) is 53.7 Å². The van der Waals surface area contributed by atoms with Gasteiger partial charge in [-0.3, -0.25) is 0 Å². The van der Waals surface area contributed by atoms with Crippen molar-refractivity contribution in [3.63, 3.8) is 0 Å². The van der Waals surface area contributed by atoms with Crippen LogP contribution in [0.3, 0.4) is 0 Å². The van der Waals surface area contributed by atoms with Gasteiger partial charge in [-0.1, -0.05) is 42.1 Å². The second-order valence-electron chi connectivity index (χ2n) is 5.60. The van der Waals surface area contributed by atoms with Gasteiger partial charge in [-0.15, -0.1) is 5.10 Å². The van der Waals surface area contributed by atoms with Gasteiger partial charge in [-0.05, 0) is 53.6 Å². The minimum absolute atomic E-state index is 0.147. The number of aryl methyl sites for hydroxylation is 1. The largest absolute Gasteiger partial charge is 0.382 e. The van der Waals surface area contributed by atoms with Crippen LogP contribution in [-0.4, -0.2) is 40.1 Å². The predicted octanol–water partition coefficient (Wildman–Crippen LogP) is 2.78. The van der Waals surface area contributed by atoms with Gasteiger partial charge >= 0.3 is 10.1 Å². The molecule has 0 amide bonds. The number of benzene rings is 2. The fourth-order valence-corrected chi connectivity index (χ4v) is 4.46. The van der Waals surface area contributed by atoms with Crippen molar-refractivity contribution in [1.82, 2.24) is 20.2 Å². The van der Waals surface area contributed by atoms with E-state index in [1.807, 2.05) is 32.0 Å². The zero-order valence-electron chi connectivity index (χ0n) is 14.4. The van der Waals surface area contributed by atoms with E-state index < -0.39 is 10.1 Å². The number of aromatic nitrogens is 4. The maximum absolute atomic E-state index is 12.1. The number of hydrogen-bond donors (Lipinski definition) is 0. The van der Waals surface area contributed by atoms with Gasteiger partial charge in [0, 0.05) is 5.75 Å². The summed E-state index contributed by atoms with van der Waals surface area (Å²) < 4.78 is 30.9. The van der Waals surface area contributed by atoms with Gasteiger partial charge in [0.05, 0.1) is 11.4 Å². The summed E-state index contributed by atoms with van der Waals surface area (Å²) in [6, 6.07) is 14.3. The Labute approximate surface area is 156 Å². The molecule has 1 aromatic heterocycles. The van der Waals surface area contributed by atoms with Gasteiger partial charge in [0.1, 0.15) is 5.75 Å². The molecule has 0 fully saturated rings. The molecule has 1 heterocycles. The molecule has 0 spiro atoms. The Bertz CT molecular complexity index is 988. The van der Waals surface area contributed by atoms with Crippen LogP contribution in [0.25, 0.3) is 5.69 Å². The van der Waals surface area contributed by atoms with E-state index >= 15 is 0 Å². The molecule has 3 rings (SSSR count). The molecule has 7 nitrogen and oxygen atoms in total. The molecule has 0 bridgehead atoms. The Balaban J connectivity index is 1.66. The fraction of sp³-hybridized carbons (Fsp3) is 0.235. The number of rotatable bonds is 7. The molecule has 0 saturated heterocycles. The van der Waals surface area contributed by atoms with Crippen LogP contribution >= 0.6 is 11.8 Å². The highest BCUT2D eigenvalue weighted by Gasteiger charge is 2.16. The highest BCUT2D eigenvalue weighted by Crippen LogP contribution is 2.22. The van der Waals surface area contributed by atoms with E-state index in [-0.39, 0.29) is 11.5 Å². The molecule has 0 unspecified atom stereocenters. The number of para-hydroxylation sites is 1. The van der Waals surface area contributed by atoms with Gasteiger partial charge in [0.2, 0.25) is 5.16 Å². The quantitative estimate of drug-likeness (QED) is 0.453. The molecule has 0 N–H and O–H groups in total. The zero-order chi connectivity index (χ0) is 18.6. The summed E-state index contributed by atoms with van der Waals surface area (Å²) in [5.41, 5.74) is 3.08. The maximum Gasteiger partial charge on any atom is 0.310 e. The van der Waals surface area contributed by atoms with Gasteiger partial charge < -0.3 is 4.18 Å². The molecular formula is C17H18N4O3S2. The minimum Gasteiger partial charge on any atom is -0.382 e. The van der Waals surface area contributed by atoms with Crippen molar-refractivity contribution in [2.75, 3.05) is 11.5 Å². The number of nitrogens with zero attached hydrogens (tertiary/aromatic N) is 4. The molecule has 9 heteroatoms. The maximum atomic E-state index is 12.1. The van der Waals surface area contributed by atoms with Crippen molar-refractivity contribution in [2.45, 2.75) is 19.0 Å². The summed E-state index contributed by atoms with van der Waals surface area (Å²) >= 11 is 1.27. The van der Waals surface area contributed by atoms with Crippen molar-refractivity contribution in [3.05, 3.63) is 59.7 Å². The van der Waals surface area contributed by atoms with Crippen molar-refractivity contribution in [2.24, 2.45) is 0 Å². The third-order valence-electron chi connectivity index (χ3n) is 3.78. The van der Waals surface area contributed by atoms with Crippen LogP contribution in [0.2, 0.25) is 0 Å². The average Bonchev–Trinajstić information content (AvgIpc) is 3.06. The van der Waals surface area contributed by atoms with Gasteiger partial charge in [0.15, 0.2) is 0 Å². The standard InChI is InChI=1S/C17H18N4O3S2/c1-13-7-6-10-16(14(13)2)21-17(18-19-20-21)25-11-12-26(22,23)24-15-8-4-3-5-9-15/h3-10H,11-12H2,1-2H3. The third-order valence-corrected chi connectivity index (χ3v) is 6.11. The number of tetrazole rings is 1. The van der Waals surface area contributed by atoms with Crippen molar-refractivity contribution >= 4 is 21.9 Å². The van der Waals surface area contributed by atoms with Crippen LogP contribution in [-0.2, 0) is 10.1 Å². The summed E-state index contributed by atoms with van der Waals surface area (Å²) in [5.74, 6) is 0.435. The lowest BCUT2D eigenvalue weighted by Crippen LogP contribution is -2.15. The van der Waals surface area contributed by atoms with Crippen molar-refractivity contribution in [1.29, 1.82) is 0 Å². The molecular weight excluding hydrogens is 372 g/mol. The second kappa shape index (κ2) is 7.88. The van der Waals surface area contributed by atoms with Crippen LogP contribution in [0, 0.1) is 13.8 Å². The van der Waals surface area contributed by atoms with Crippen molar-refractivity contribution in [3.8, 4) is 11.4 Å². The molecule has 0 saturated carbocycles. The zero-order valence-corrected chi connectivity index (χ0v) is 16.0. The SMILES string of the molecule is Cc1cccc(-n2nnnc2SCCS(=O)(=O)Oc2ccccc2)c1C. The average molecular weight is 390 g/mol. The van der Waals surface area contributed by atoms with E-state index in [0.717, 1.165) is 16.8 Å². The monoisotopic (exact) mass is 390 g/mol. The Morgan fingerprint density at radius 1 is 1.08 bits per heavy atom. The van der Waals surface area contributed by atoms with E-state index in [2.05, 4.69) is 15.5 Å². The first kappa shape index (κ1) is 18.4. The smallest absolute Gasteiger partial charge is 0.310 e. The molecule has 2 aromatic carbocycles. The molecule has 26 heavy (non-hydrogen) atoms. The van der Waals surface area contributed by atoms with E-state index in [1.165, 1.54) is 11.8 Å². The Hall–Kier alpha value is -2.39. The third kappa shape index (κ3) is 4.41. The van der Waals surface area contributed by atoms with Gasteiger partial charge in [-0.2, -0.15) is 13.1 Å². The van der Waals surface area contributed by atoms with Crippen molar-refractivity contribution < 1.29 is 12.6 Å². The Morgan fingerprint density at radius 3 is 2.62 bits per heavy atom. The first-order valence-electron chi connectivity index (χ1n) is 7.91. The molecule has 0 aliphatic carbocycles. The highest BCUT2D eigenvalue weighted by molar-refractivity contribution is 8.00. The Morgan fingerprint density at radius 2 is 1.85 bits per heavy atom. The van der Waals surface area contributed by atoms with E-state index in [0.29, 0.717) is 10.9 Å². The molecule has 136 valence electrons. The van der Waals surface area contributed by atoms with Crippen LogP contribution in [0.5, 0.6) is 5.75 Å². The van der Waals surface area contributed by atoms with E-state index in [4.69, 9.17) is 4.18 Å². The lowest BCUT2D eigenvalue weighted by atomic mass is 10.1. The lowest BCUT2D eigenvalue weighted by molar-refractivity contribution is 0.488. The topological polar surface area (TPSA) is 87.0 Å². The van der Waals surface area contributed by atoms with Gasteiger partial charge in [0.25, 0.3) is 0 Å². The van der Waals surface area contributed by atoms with E-state index in [1.54, 1.807) is 35.0 Å². The summed E-state index contributed by atoms with van der Waals surface area (Å²) in [6.07, 6.45) is 0. The molecule has 0 aliphatic rings. The van der Waals surface area contributed by atoms with Crippen LogP contribution < -0.4 is 4.18 Å². The number of thioether (sulfide) groups is 1. The fourth-order valence-electron chi connectivity index (χ4n) is 2.28. The van der Waals surface area contributed by atoms with Crippen LogP contribution in [0.4, 0.5) is 0 Å². The molecule has 3 aromatic rings. The van der Waals surface area contributed by atoms with Crippen LogP contribution in [0.1, 0.15) is 11.1 Å². The summed E-state index contributed by atoms with van der Waals surface area (Å²) in [6.45, 7) is 4.02. The Kier molecular flexibility index (Phi) is 5.58. The highest BCUT2D eigenvalue weighted by atomic mass is 32.2. The predicted molar refractivity (Wildman–Crippen MR) is 100 cm³/mol. The second-order valence-corrected chi connectivity index (χ2v) is 8.35. The number of hydrogen-bond acceptors (Lipinski definition) is 7. The first-order valence-corrected chi connectivity index (χ1v) is 10.5.